The molecule has 5 heteroatoms. The second-order valence-corrected chi connectivity index (χ2v) is 10.7. The number of rotatable bonds is 23. The first-order valence-electron chi connectivity index (χ1n) is 13.0. The van der Waals surface area contributed by atoms with Crippen LogP contribution in [0.25, 0.3) is 0 Å². The van der Waals surface area contributed by atoms with Crippen LogP contribution in [-0.4, -0.2) is 18.2 Å². The summed E-state index contributed by atoms with van der Waals surface area (Å²) >= 11 is 0. The van der Waals surface area contributed by atoms with Gasteiger partial charge in [0.1, 0.15) is 0 Å². The molecule has 0 aromatic carbocycles. The smallest absolute Gasteiger partial charge is 0.748 e. The van der Waals surface area contributed by atoms with Crippen molar-refractivity contribution in [2.45, 2.75) is 160 Å². The van der Waals surface area contributed by atoms with E-state index < -0.39 is 15.4 Å². The van der Waals surface area contributed by atoms with Crippen molar-refractivity contribution in [2.75, 3.05) is 0 Å². The van der Waals surface area contributed by atoms with Gasteiger partial charge in [-0.25, -0.2) is 8.42 Å². The summed E-state index contributed by atoms with van der Waals surface area (Å²) in [5.41, 5.74) is 0. The van der Waals surface area contributed by atoms with Gasteiger partial charge in [0.25, 0.3) is 0 Å². The zero-order valence-corrected chi connectivity index (χ0v) is 23.6. The fourth-order valence-corrected chi connectivity index (χ4v) is 5.06. The Labute approximate surface area is 212 Å². The van der Waals surface area contributed by atoms with E-state index in [0.717, 1.165) is 25.7 Å². The molecule has 0 heterocycles. The van der Waals surface area contributed by atoms with Crippen LogP contribution in [0, 0.1) is 0 Å². The Morgan fingerprint density at radius 1 is 0.500 bits per heavy atom. The number of unbranched alkanes of at least 4 members (excludes halogenated alkanes) is 18. The van der Waals surface area contributed by atoms with Crippen molar-refractivity contribution in [3.05, 3.63) is 0 Å². The normalized spacial score (nSPS) is 12.6. The summed E-state index contributed by atoms with van der Waals surface area (Å²) < 4.78 is 34.6. The van der Waals surface area contributed by atoms with Gasteiger partial charge in [0.2, 0.25) is 0 Å². The zero-order chi connectivity index (χ0) is 21.6. The van der Waals surface area contributed by atoms with Gasteiger partial charge in [-0.15, -0.1) is 0 Å². The third kappa shape index (κ3) is 23.6. The van der Waals surface area contributed by atoms with Crippen molar-refractivity contribution in [3.8, 4) is 0 Å². The molecule has 0 saturated heterocycles. The summed E-state index contributed by atoms with van der Waals surface area (Å²) in [6.45, 7) is 4.48. The van der Waals surface area contributed by atoms with Crippen molar-refractivity contribution in [3.63, 3.8) is 0 Å². The summed E-state index contributed by atoms with van der Waals surface area (Å²) in [5, 5.41) is -0.647. The second kappa shape index (κ2) is 24.6. The van der Waals surface area contributed by atoms with Crippen LogP contribution in [0.15, 0.2) is 0 Å². The van der Waals surface area contributed by atoms with Gasteiger partial charge in [0.05, 0.1) is 10.1 Å². The van der Waals surface area contributed by atoms with Crippen LogP contribution in [0.5, 0.6) is 0 Å². The Balaban J connectivity index is 0. The van der Waals surface area contributed by atoms with E-state index in [1.807, 2.05) is 0 Å². The largest absolute Gasteiger partial charge is 1.00 e. The van der Waals surface area contributed by atoms with E-state index in [4.69, 9.17) is 0 Å². The first-order chi connectivity index (χ1) is 14.0. The Bertz CT molecular complexity index is 426. The minimum Gasteiger partial charge on any atom is -0.748 e. The minimum atomic E-state index is -4.13. The SMILES string of the molecule is CCCCCCCCCCCCCCC(CCCCCCCCCC)S(=O)(=O)[O-].[Na+]. The summed E-state index contributed by atoms with van der Waals surface area (Å²) in [4.78, 5) is 0. The van der Waals surface area contributed by atoms with Gasteiger partial charge in [-0.3, -0.25) is 0 Å². The average molecular weight is 455 g/mol. The Morgan fingerprint density at radius 3 is 0.967 bits per heavy atom. The molecule has 0 rings (SSSR count). The molecule has 0 radical (unpaired) electrons. The topological polar surface area (TPSA) is 57.2 Å². The molecule has 0 aliphatic rings. The molecule has 0 amide bonds. The third-order valence-electron chi connectivity index (χ3n) is 6.17. The van der Waals surface area contributed by atoms with Crippen molar-refractivity contribution in [1.82, 2.24) is 0 Å². The molecular weight excluding hydrogens is 403 g/mol. The molecule has 0 aliphatic carbocycles. The van der Waals surface area contributed by atoms with E-state index in [2.05, 4.69) is 13.8 Å². The third-order valence-corrected chi connectivity index (χ3v) is 7.46. The standard InChI is InChI=1S/C25H52O3S.Na/c1-3-5-7-9-11-13-14-15-16-18-20-22-24-25(29(26,27)28)23-21-19-17-12-10-8-6-4-2;/h25H,3-24H2,1-2H3,(H,26,27,28);/q;+1/p-1. The molecular formula is C25H51NaO3S. The molecule has 30 heavy (non-hydrogen) atoms. The molecule has 0 aliphatic heterocycles. The molecule has 176 valence electrons. The first-order valence-corrected chi connectivity index (χ1v) is 14.4. The summed E-state index contributed by atoms with van der Waals surface area (Å²) in [5.74, 6) is 0. The molecule has 0 aromatic heterocycles. The Kier molecular flexibility index (Phi) is 27.1. The van der Waals surface area contributed by atoms with E-state index in [1.54, 1.807) is 0 Å². The monoisotopic (exact) mass is 454 g/mol. The second-order valence-electron chi connectivity index (χ2n) is 9.06. The predicted molar refractivity (Wildman–Crippen MR) is 126 cm³/mol. The molecule has 0 fully saturated rings. The summed E-state index contributed by atoms with van der Waals surface area (Å²) in [6.07, 6.45) is 25.9. The van der Waals surface area contributed by atoms with Crippen molar-refractivity contribution < 1.29 is 42.5 Å². The van der Waals surface area contributed by atoms with Gasteiger partial charge >= 0.3 is 29.6 Å². The van der Waals surface area contributed by atoms with E-state index in [-0.39, 0.29) is 29.6 Å². The molecule has 0 bridgehead atoms. The Morgan fingerprint density at radius 2 is 0.733 bits per heavy atom. The van der Waals surface area contributed by atoms with Crippen LogP contribution in [-0.2, 0) is 10.1 Å². The number of hydrogen-bond acceptors (Lipinski definition) is 3. The number of hydrogen-bond donors (Lipinski definition) is 0. The van der Waals surface area contributed by atoms with E-state index in [1.165, 1.54) is 103 Å². The predicted octanol–water partition coefficient (Wildman–Crippen LogP) is 5.53. The summed E-state index contributed by atoms with van der Waals surface area (Å²) in [6, 6.07) is 0. The fraction of sp³-hybridized carbons (Fsp3) is 1.00. The molecule has 0 aromatic rings. The molecule has 3 nitrogen and oxygen atoms in total. The van der Waals surface area contributed by atoms with Crippen molar-refractivity contribution in [1.29, 1.82) is 0 Å². The van der Waals surface area contributed by atoms with Crippen LogP contribution >= 0.6 is 0 Å². The molecule has 0 saturated carbocycles. The maximum atomic E-state index is 11.5. The van der Waals surface area contributed by atoms with Gasteiger partial charge in [0.15, 0.2) is 0 Å². The molecule has 0 spiro atoms. The van der Waals surface area contributed by atoms with Gasteiger partial charge in [-0.05, 0) is 12.8 Å². The molecule has 1 unspecified atom stereocenters. The first kappa shape index (κ1) is 33.1. The van der Waals surface area contributed by atoms with Crippen LogP contribution in [0.1, 0.15) is 155 Å². The van der Waals surface area contributed by atoms with Crippen LogP contribution in [0.3, 0.4) is 0 Å². The molecule has 0 N–H and O–H groups in total. The minimum absolute atomic E-state index is 0. The zero-order valence-electron chi connectivity index (χ0n) is 20.8. The Hall–Kier alpha value is 0.910. The van der Waals surface area contributed by atoms with Crippen LogP contribution < -0.4 is 29.6 Å². The van der Waals surface area contributed by atoms with Gasteiger partial charge in [-0.1, -0.05) is 142 Å². The fourth-order valence-electron chi connectivity index (χ4n) is 4.15. The maximum absolute atomic E-state index is 11.5. The molecule has 1 atom stereocenters. The van der Waals surface area contributed by atoms with E-state index >= 15 is 0 Å². The van der Waals surface area contributed by atoms with E-state index in [9.17, 15) is 13.0 Å². The van der Waals surface area contributed by atoms with E-state index in [0.29, 0.717) is 12.8 Å². The van der Waals surface area contributed by atoms with Gasteiger partial charge in [0, 0.05) is 5.25 Å². The van der Waals surface area contributed by atoms with Gasteiger partial charge in [-0.2, -0.15) is 0 Å². The van der Waals surface area contributed by atoms with Gasteiger partial charge < -0.3 is 4.55 Å². The maximum Gasteiger partial charge on any atom is 1.00 e. The quantitative estimate of drug-likeness (QED) is 0.116. The van der Waals surface area contributed by atoms with Crippen molar-refractivity contribution in [2.24, 2.45) is 0 Å². The van der Waals surface area contributed by atoms with Crippen LogP contribution in [0.4, 0.5) is 0 Å². The summed E-state index contributed by atoms with van der Waals surface area (Å²) in [7, 11) is -4.13. The van der Waals surface area contributed by atoms with Crippen molar-refractivity contribution >= 4 is 10.1 Å². The van der Waals surface area contributed by atoms with Crippen LogP contribution in [0.2, 0.25) is 0 Å². The average Bonchev–Trinajstić information content (AvgIpc) is 2.68.